The van der Waals surface area contributed by atoms with Crippen molar-refractivity contribution in [1.82, 2.24) is 20.6 Å². The lowest BCUT2D eigenvalue weighted by Gasteiger charge is -2.33. The van der Waals surface area contributed by atoms with Crippen LogP contribution in [0.2, 0.25) is 0 Å². The summed E-state index contributed by atoms with van der Waals surface area (Å²) in [7, 11) is 0. The van der Waals surface area contributed by atoms with Crippen molar-refractivity contribution in [3.8, 4) is 6.07 Å². The lowest BCUT2D eigenvalue weighted by Crippen LogP contribution is -2.54. The van der Waals surface area contributed by atoms with Gasteiger partial charge in [0.25, 0.3) is 0 Å². The highest BCUT2D eigenvalue weighted by atomic mass is 19.4. The fraction of sp³-hybridized carbons (Fsp3) is 0.647. The van der Waals surface area contributed by atoms with Crippen molar-refractivity contribution in [2.75, 3.05) is 19.6 Å². The molecule has 0 spiro atoms. The predicted molar refractivity (Wildman–Crippen MR) is 91.1 cm³/mol. The summed E-state index contributed by atoms with van der Waals surface area (Å²) in [5.74, 6) is -3.69. The molecule has 0 radical (unpaired) electrons. The summed E-state index contributed by atoms with van der Waals surface area (Å²) >= 11 is 0. The number of hydrogen-bond donors (Lipinski definition) is 3. The molecule has 13 heteroatoms. The molecule has 0 aromatic carbocycles. The van der Waals surface area contributed by atoms with E-state index >= 15 is 0 Å². The van der Waals surface area contributed by atoms with Gasteiger partial charge in [-0.15, -0.1) is 0 Å². The Morgan fingerprint density at radius 1 is 1.47 bits per heavy atom. The third kappa shape index (κ3) is 4.55. The fourth-order valence-corrected chi connectivity index (χ4v) is 3.75. The Kier molecular flexibility index (Phi) is 6.30. The maximum Gasteiger partial charge on any atom is 0.471 e. The first-order chi connectivity index (χ1) is 14.1. The van der Waals surface area contributed by atoms with Crippen molar-refractivity contribution in [2.45, 2.75) is 43.4 Å². The minimum Gasteiger partial charge on any atom is -0.356 e. The second-order valence-corrected chi connectivity index (χ2v) is 7.20. The van der Waals surface area contributed by atoms with Gasteiger partial charge in [0.2, 0.25) is 11.8 Å². The number of nitrogens with zero attached hydrogens (tertiary/aromatic N) is 3. The van der Waals surface area contributed by atoms with Crippen molar-refractivity contribution in [3.63, 3.8) is 0 Å². The number of carbonyl (C=O) groups is 3. The van der Waals surface area contributed by atoms with E-state index in [0.29, 0.717) is 18.0 Å². The van der Waals surface area contributed by atoms with Crippen molar-refractivity contribution < 1.29 is 37.5 Å². The minimum absolute atomic E-state index is 0.0892. The molecule has 4 unspecified atom stereocenters. The van der Waals surface area contributed by atoms with Crippen molar-refractivity contribution >= 4 is 17.7 Å². The maximum absolute atomic E-state index is 12.4. The number of carbonyl (C=O) groups excluding carboxylic acids is 3. The van der Waals surface area contributed by atoms with Crippen molar-refractivity contribution in [2.24, 2.45) is 5.92 Å². The van der Waals surface area contributed by atoms with E-state index in [-0.39, 0.29) is 18.9 Å². The molecule has 3 rings (SSSR count). The van der Waals surface area contributed by atoms with E-state index in [9.17, 15) is 38.0 Å². The van der Waals surface area contributed by atoms with Gasteiger partial charge in [-0.3, -0.25) is 14.4 Å². The van der Waals surface area contributed by atoms with Crippen LogP contribution in [-0.2, 0) is 19.1 Å². The van der Waals surface area contributed by atoms with Crippen molar-refractivity contribution in [1.29, 1.82) is 5.26 Å². The van der Waals surface area contributed by atoms with Gasteiger partial charge < -0.3 is 25.5 Å². The highest BCUT2D eigenvalue weighted by Gasteiger charge is 2.48. The molecule has 5 atom stereocenters. The smallest absolute Gasteiger partial charge is 0.356 e. The van der Waals surface area contributed by atoms with Gasteiger partial charge in [-0.25, -0.2) is 0 Å². The van der Waals surface area contributed by atoms with Gasteiger partial charge in [0.05, 0.1) is 18.7 Å². The quantitative estimate of drug-likeness (QED) is 0.357. The first-order valence-corrected chi connectivity index (χ1v) is 9.24. The monoisotopic (exact) mass is 431 g/mol. The van der Waals surface area contributed by atoms with Crippen LogP contribution >= 0.6 is 0 Å². The van der Waals surface area contributed by atoms with E-state index < -0.39 is 54.9 Å². The van der Waals surface area contributed by atoms with E-state index in [0.717, 1.165) is 4.90 Å². The SMILES string of the molecule is N#CC(CC1CCNC1=O)N(O)C[C@@H]1C2C=CC(O2)N1C(=O)CNC(=O)C(F)(F)F. The normalized spacial score (nSPS) is 28.5. The Balaban J connectivity index is 1.62. The van der Waals surface area contributed by atoms with Crippen LogP contribution in [0, 0.1) is 17.2 Å². The van der Waals surface area contributed by atoms with Crippen LogP contribution in [0.3, 0.4) is 0 Å². The van der Waals surface area contributed by atoms with Gasteiger partial charge in [-0.05, 0) is 18.9 Å². The molecule has 164 valence electrons. The number of nitrogens with one attached hydrogen (secondary N) is 2. The number of fused-ring (bicyclic) bond motifs is 2. The zero-order valence-electron chi connectivity index (χ0n) is 15.6. The molecular formula is C17H20F3N5O5. The lowest BCUT2D eigenvalue weighted by molar-refractivity contribution is -0.174. The fourth-order valence-electron chi connectivity index (χ4n) is 3.75. The van der Waals surface area contributed by atoms with E-state index in [1.165, 1.54) is 11.4 Å². The van der Waals surface area contributed by atoms with Crippen LogP contribution in [0.5, 0.6) is 0 Å². The Morgan fingerprint density at radius 3 is 2.80 bits per heavy atom. The second kappa shape index (κ2) is 8.58. The number of alkyl halides is 3. The first-order valence-electron chi connectivity index (χ1n) is 9.24. The van der Waals surface area contributed by atoms with Crippen LogP contribution < -0.4 is 10.6 Å². The topological polar surface area (TPSA) is 135 Å². The molecule has 10 nitrogen and oxygen atoms in total. The molecule has 2 bridgehead atoms. The third-order valence-electron chi connectivity index (χ3n) is 5.27. The molecule has 30 heavy (non-hydrogen) atoms. The van der Waals surface area contributed by atoms with E-state index in [1.807, 2.05) is 6.07 Å². The number of amides is 3. The largest absolute Gasteiger partial charge is 0.471 e. The second-order valence-electron chi connectivity index (χ2n) is 7.20. The van der Waals surface area contributed by atoms with Gasteiger partial charge in [-0.1, -0.05) is 6.08 Å². The number of hydrogen-bond acceptors (Lipinski definition) is 7. The average molecular weight is 431 g/mol. The number of nitriles is 1. The number of ether oxygens (including phenoxy) is 1. The highest BCUT2D eigenvalue weighted by Crippen LogP contribution is 2.32. The number of hydroxylamine groups is 2. The molecule has 0 aliphatic carbocycles. The van der Waals surface area contributed by atoms with Crippen LogP contribution in [0.4, 0.5) is 13.2 Å². The molecule has 2 fully saturated rings. The summed E-state index contributed by atoms with van der Waals surface area (Å²) in [5.41, 5.74) is 0. The van der Waals surface area contributed by atoms with E-state index in [1.54, 1.807) is 6.08 Å². The van der Waals surface area contributed by atoms with Crippen molar-refractivity contribution in [3.05, 3.63) is 12.2 Å². The lowest BCUT2D eigenvalue weighted by atomic mass is 9.98. The molecule has 0 saturated carbocycles. The molecular weight excluding hydrogens is 411 g/mol. The van der Waals surface area contributed by atoms with Crippen LogP contribution in [0.15, 0.2) is 12.2 Å². The molecule has 3 amide bonds. The first kappa shape index (κ1) is 22.0. The van der Waals surface area contributed by atoms with Crippen LogP contribution in [-0.4, -0.2) is 83.1 Å². The molecule has 3 aliphatic heterocycles. The Bertz CT molecular complexity index is 783. The van der Waals surface area contributed by atoms with E-state index in [4.69, 9.17) is 4.74 Å². The molecule has 0 aromatic heterocycles. The Labute approximate surface area is 169 Å². The summed E-state index contributed by atoms with van der Waals surface area (Å²) in [6.07, 6.45) is -2.77. The molecule has 0 aromatic rings. The Morgan fingerprint density at radius 2 is 2.20 bits per heavy atom. The maximum atomic E-state index is 12.4. The van der Waals surface area contributed by atoms with Crippen LogP contribution in [0.25, 0.3) is 0 Å². The summed E-state index contributed by atoms with van der Waals surface area (Å²) in [6.45, 7) is -0.633. The standard InChI is InChI=1S/C17H20F3N5O5/c18-17(19,20)16(28)23-7-13(26)25-11(12-1-2-14(25)30-12)8-24(29)10(6-21)5-9-3-4-22-15(9)27/h1-2,9-12,14,29H,3-5,7-8H2,(H,22,27)(H,23,28)/t9?,10?,11-,12?,14?/m1/s1. The van der Waals surface area contributed by atoms with Gasteiger partial charge in [0.1, 0.15) is 12.1 Å². The van der Waals surface area contributed by atoms with Gasteiger partial charge in [0.15, 0.2) is 6.23 Å². The minimum atomic E-state index is -5.12. The zero-order valence-corrected chi connectivity index (χ0v) is 15.6. The zero-order chi connectivity index (χ0) is 22.1. The molecule has 3 heterocycles. The summed E-state index contributed by atoms with van der Waals surface area (Å²) in [6, 6.07) is 0.112. The van der Waals surface area contributed by atoms with Gasteiger partial charge >= 0.3 is 12.1 Å². The average Bonchev–Trinajstić information content (AvgIpc) is 3.39. The number of rotatable bonds is 7. The van der Waals surface area contributed by atoms with Crippen LogP contribution in [0.1, 0.15) is 12.8 Å². The highest BCUT2D eigenvalue weighted by molar-refractivity contribution is 5.88. The molecule has 2 saturated heterocycles. The Hall–Kier alpha value is -2.69. The predicted octanol–water partition coefficient (Wildman–Crippen LogP) is -0.734. The summed E-state index contributed by atoms with van der Waals surface area (Å²) in [5, 5.41) is 24.7. The van der Waals surface area contributed by atoms with Gasteiger partial charge in [0, 0.05) is 19.0 Å². The molecule has 3 N–H and O–H groups in total. The molecule has 3 aliphatic rings. The van der Waals surface area contributed by atoms with E-state index in [2.05, 4.69) is 5.32 Å². The van der Waals surface area contributed by atoms with Gasteiger partial charge in [-0.2, -0.15) is 23.5 Å². The number of halogens is 3. The third-order valence-corrected chi connectivity index (χ3v) is 5.27. The summed E-state index contributed by atoms with van der Waals surface area (Å²) in [4.78, 5) is 36.2. The summed E-state index contributed by atoms with van der Waals surface area (Å²) < 4.78 is 42.5.